The third-order valence-electron chi connectivity index (χ3n) is 2.81. The topological polar surface area (TPSA) is 61.1 Å². The molecule has 1 N–H and O–H groups in total. The minimum Gasteiger partial charge on any atom is -0.481 e. The number of nitriles is 1. The van der Waals surface area contributed by atoms with Crippen LogP contribution in [0.15, 0.2) is 52.3 Å². The molecule has 4 heteroatoms. The number of aliphatic carboxylic acids is 1. The zero-order chi connectivity index (χ0) is 14.5. The van der Waals surface area contributed by atoms with Crippen LogP contribution < -0.4 is 0 Å². The third kappa shape index (κ3) is 3.62. The van der Waals surface area contributed by atoms with Gasteiger partial charge in [-0.05, 0) is 48.4 Å². The highest BCUT2D eigenvalue weighted by atomic mass is 32.2. The summed E-state index contributed by atoms with van der Waals surface area (Å²) in [7, 11) is 0. The molecule has 0 aliphatic rings. The molecule has 2 aromatic rings. The fraction of sp³-hybridized carbons (Fsp3) is 0.125. The number of rotatable bonds is 4. The largest absolute Gasteiger partial charge is 0.481 e. The van der Waals surface area contributed by atoms with Gasteiger partial charge in [0.25, 0.3) is 0 Å². The van der Waals surface area contributed by atoms with Crippen molar-refractivity contribution in [2.24, 2.45) is 0 Å². The Morgan fingerprint density at radius 2 is 1.95 bits per heavy atom. The van der Waals surface area contributed by atoms with Crippen LogP contribution in [0.4, 0.5) is 0 Å². The van der Waals surface area contributed by atoms with Crippen LogP contribution in [0.3, 0.4) is 0 Å². The second-order valence-corrected chi connectivity index (χ2v) is 5.52. The summed E-state index contributed by atoms with van der Waals surface area (Å²) in [6.07, 6.45) is 0.0425. The van der Waals surface area contributed by atoms with E-state index in [2.05, 4.69) is 6.07 Å². The number of aryl methyl sites for hydroxylation is 1. The zero-order valence-corrected chi connectivity index (χ0v) is 11.8. The highest BCUT2D eigenvalue weighted by Gasteiger charge is 2.04. The lowest BCUT2D eigenvalue weighted by Crippen LogP contribution is -1.99. The second-order valence-electron chi connectivity index (χ2n) is 4.41. The second kappa shape index (κ2) is 6.27. The first-order valence-electron chi connectivity index (χ1n) is 6.08. The highest BCUT2D eigenvalue weighted by molar-refractivity contribution is 7.99. The predicted molar refractivity (Wildman–Crippen MR) is 77.8 cm³/mol. The highest BCUT2D eigenvalue weighted by Crippen LogP contribution is 2.30. The number of carboxylic acids is 1. The van der Waals surface area contributed by atoms with Gasteiger partial charge in [-0.3, -0.25) is 4.79 Å². The van der Waals surface area contributed by atoms with Crippen LogP contribution in [0, 0.1) is 18.3 Å². The van der Waals surface area contributed by atoms with Crippen LogP contribution in [-0.2, 0) is 11.2 Å². The normalized spacial score (nSPS) is 10.0. The molecule has 3 nitrogen and oxygen atoms in total. The Morgan fingerprint density at radius 1 is 1.25 bits per heavy atom. The standard InChI is InChI=1S/C16H13NO2S/c1-11-8-13(10-17)4-7-15(11)20-14-5-2-12(3-6-14)9-16(18)19/h2-8H,9H2,1H3,(H,18,19). The molecule has 0 unspecified atom stereocenters. The molecule has 2 rings (SSSR count). The van der Waals surface area contributed by atoms with Gasteiger partial charge in [-0.1, -0.05) is 23.9 Å². The molecule has 0 bridgehead atoms. The minimum atomic E-state index is -0.826. The van der Waals surface area contributed by atoms with E-state index in [1.54, 1.807) is 17.8 Å². The van der Waals surface area contributed by atoms with E-state index >= 15 is 0 Å². The van der Waals surface area contributed by atoms with Gasteiger partial charge in [0.15, 0.2) is 0 Å². The zero-order valence-electron chi connectivity index (χ0n) is 11.0. The molecule has 0 atom stereocenters. The van der Waals surface area contributed by atoms with E-state index in [-0.39, 0.29) is 6.42 Å². The Hall–Kier alpha value is -2.25. The summed E-state index contributed by atoms with van der Waals surface area (Å²) in [5.41, 5.74) is 2.51. The van der Waals surface area contributed by atoms with E-state index in [0.717, 1.165) is 20.9 Å². The fourth-order valence-electron chi connectivity index (χ4n) is 1.81. The predicted octanol–water partition coefficient (Wildman–Crippen LogP) is 3.65. The first-order valence-corrected chi connectivity index (χ1v) is 6.89. The molecular weight excluding hydrogens is 270 g/mol. The summed E-state index contributed by atoms with van der Waals surface area (Å²) >= 11 is 1.60. The van der Waals surface area contributed by atoms with Gasteiger partial charge in [0.05, 0.1) is 18.1 Å². The Bertz CT molecular complexity index is 672. The van der Waals surface area contributed by atoms with Crippen molar-refractivity contribution in [2.45, 2.75) is 23.1 Å². The summed E-state index contributed by atoms with van der Waals surface area (Å²) in [6, 6.07) is 15.2. The van der Waals surface area contributed by atoms with Crippen molar-refractivity contribution in [3.63, 3.8) is 0 Å². The molecule has 0 fully saturated rings. The number of carboxylic acid groups (broad SMARTS) is 1. The number of hydrogen-bond acceptors (Lipinski definition) is 3. The quantitative estimate of drug-likeness (QED) is 0.930. The molecule has 0 saturated heterocycles. The van der Waals surface area contributed by atoms with E-state index in [4.69, 9.17) is 10.4 Å². The van der Waals surface area contributed by atoms with Gasteiger partial charge in [-0.15, -0.1) is 0 Å². The molecule has 0 saturated carbocycles. The van der Waals surface area contributed by atoms with Crippen molar-refractivity contribution >= 4 is 17.7 Å². The van der Waals surface area contributed by atoms with Crippen LogP contribution in [0.5, 0.6) is 0 Å². The van der Waals surface area contributed by atoms with Crippen molar-refractivity contribution in [1.29, 1.82) is 5.26 Å². The molecule has 0 aliphatic heterocycles. The van der Waals surface area contributed by atoms with Crippen LogP contribution in [0.2, 0.25) is 0 Å². The van der Waals surface area contributed by atoms with Gasteiger partial charge in [-0.2, -0.15) is 5.26 Å². The van der Waals surface area contributed by atoms with E-state index in [1.165, 1.54) is 0 Å². The summed E-state index contributed by atoms with van der Waals surface area (Å²) in [5.74, 6) is -0.826. The van der Waals surface area contributed by atoms with Gasteiger partial charge < -0.3 is 5.11 Å². The Labute approximate surface area is 121 Å². The molecule has 0 spiro atoms. The van der Waals surface area contributed by atoms with E-state index in [0.29, 0.717) is 5.56 Å². The van der Waals surface area contributed by atoms with Crippen molar-refractivity contribution in [1.82, 2.24) is 0 Å². The van der Waals surface area contributed by atoms with Crippen molar-refractivity contribution in [3.8, 4) is 6.07 Å². The molecule has 100 valence electrons. The van der Waals surface area contributed by atoms with E-state index < -0.39 is 5.97 Å². The molecule has 20 heavy (non-hydrogen) atoms. The van der Waals surface area contributed by atoms with Gasteiger partial charge >= 0.3 is 5.97 Å². The number of hydrogen-bond donors (Lipinski definition) is 1. The Kier molecular flexibility index (Phi) is 4.44. The van der Waals surface area contributed by atoms with Crippen molar-refractivity contribution in [3.05, 3.63) is 59.2 Å². The number of nitrogens with zero attached hydrogens (tertiary/aromatic N) is 1. The van der Waals surface area contributed by atoms with Gasteiger partial charge in [0.1, 0.15) is 0 Å². The Morgan fingerprint density at radius 3 is 2.50 bits per heavy atom. The third-order valence-corrected chi connectivity index (χ3v) is 4.00. The van der Waals surface area contributed by atoms with Gasteiger partial charge in [0.2, 0.25) is 0 Å². The van der Waals surface area contributed by atoms with Crippen LogP contribution in [0.25, 0.3) is 0 Å². The monoisotopic (exact) mass is 283 g/mol. The van der Waals surface area contributed by atoms with Crippen LogP contribution in [-0.4, -0.2) is 11.1 Å². The minimum absolute atomic E-state index is 0.0425. The maximum atomic E-state index is 10.6. The lowest BCUT2D eigenvalue weighted by molar-refractivity contribution is -0.136. The lowest BCUT2D eigenvalue weighted by atomic mass is 10.1. The molecule has 0 aromatic heterocycles. The van der Waals surface area contributed by atoms with Crippen LogP contribution >= 0.6 is 11.8 Å². The smallest absolute Gasteiger partial charge is 0.307 e. The maximum absolute atomic E-state index is 10.6. The van der Waals surface area contributed by atoms with Gasteiger partial charge in [0, 0.05) is 9.79 Å². The maximum Gasteiger partial charge on any atom is 0.307 e. The first-order chi connectivity index (χ1) is 9.58. The molecule has 0 aliphatic carbocycles. The summed E-state index contributed by atoms with van der Waals surface area (Å²) in [4.78, 5) is 12.8. The molecular formula is C16H13NO2S. The molecule has 0 amide bonds. The van der Waals surface area contributed by atoms with Crippen LogP contribution in [0.1, 0.15) is 16.7 Å². The first kappa shape index (κ1) is 14.2. The lowest BCUT2D eigenvalue weighted by Gasteiger charge is -2.06. The fourth-order valence-corrected chi connectivity index (χ4v) is 2.69. The average Bonchev–Trinajstić information content (AvgIpc) is 2.42. The SMILES string of the molecule is Cc1cc(C#N)ccc1Sc1ccc(CC(=O)O)cc1. The molecule has 0 radical (unpaired) electrons. The Balaban J connectivity index is 2.14. The van der Waals surface area contributed by atoms with Gasteiger partial charge in [-0.25, -0.2) is 0 Å². The molecule has 2 aromatic carbocycles. The number of carbonyl (C=O) groups is 1. The van der Waals surface area contributed by atoms with Crippen molar-refractivity contribution in [2.75, 3.05) is 0 Å². The summed E-state index contributed by atoms with van der Waals surface area (Å²) in [5, 5.41) is 17.6. The molecule has 0 heterocycles. The summed E-state index contributed by atoms with van der Waals surface area (Å²) < 4.78 is 0. The number of benzene rings is 2. The van der Waals surface area contributed by atoms with E-state index in [9.17, 15) is 4.79 Å². The van der Waals surface area contributed by atoms with E-state index in [1.807, 2.05) is 43.3 Å². The summed E-state index contributed by atoms with van der Waals surface area (Å²) in [6.45, 7) is 1.97. The van der Waals surface area contributed by atoms with Crippen molar-refractivity contribution < 1.29 is 9.90 Å². The average molecular weight is 283 g/mol.